The van der Waals surface area contributed by atoms with Gasteiger partial charge in [0.1, 0.15) is 17.6 Å². The molecule has 0 N–H and O–H groups in total. The Morgan fingerprint density at radius 2 is 1.71 bits per heavy atom. The van der Waals surface area contributed by atoms with Crippen molar-refractivity contribution in [3.05, 3.63) is 109 Å². The van der Waals surface area contributed by atoms with Gasteiger partial charge in [-0.25, -0.2) is 4.57 Å². The Balaban J connectivity index is 2.92. The summed E-state index contributed by atoms with van der Waals surface area (Å²) in [7, 11) is -3.95. The smallest absolute Gasteiger partial charge is 0.400 e. The number of phosphoric ester groups is 1. The van der Waals surface area contributed by atoms with Crippen molar-refractivity contribution in [2.75, 3.05) is 0 Å². The van der Waals surface area contributed by atoms with Gasteiger partial charge >= 0.3 is 7.82 Å². The quantitative estimate of drug-likeness (QED) is 0.158. The topological polar surface area (TPSA) is 44.8 Å². The van der Waals surface area contributed by atoms with E-state index in [1.807, 2.05) is 74.6 Å². The Bertz CT molecular complexity index is 760. The van der Waals surface area contributed by atoms with Gasteiger partial charge in [-0.05, 0) is 39.3 Å². The predicted molar refractivity (Wildman–Crippen MR) is 117 cm³/mol. The first-order valence-corrected chi connectivity index (χ1v) is 10.6. The molecule has 0 aromatic carbocycles. The lowest BCUT2D eigenvalue weighted by Crippen LogP contribution is -2.08. The van der Waals surface area contributed by atoms with Gasteiger partial charge in [-0.15, -0.1) is 0 Å². The highest BCUT2D eigenvalue weighted by molar-refractivity contribution is 7.48. The van der Waals surface area contributed by atoms with E-state index in [0.29, 0.717) is 5.76 Å². The number of rotatable bonds is 11. The molecule has 1 atom stereocenters. The molecule has 0 spiro atoms. The average molecular weight is 400 g/mol. The maximum absolute atomic E-state index is 13.2. The lowest BCUT2D eigenvalue weighted by Gasteiger charge is -2.21. The van der Waals surface area contributed by atoms with E-state index in [4.69, 9.17) is 13.6 Å². The molecule has 0 amide bonds. The molecule has 28 heavy (non-hydrogen) atoms. The molecule has 1 aliphatic carbocycles. The van der Waals surface area contributed by atoms with Crippen molar-refractivity contribution in [3.63, 3.8) is 0 Å². The van der Waals surface area contributed by atoms with Gasteiger partial charge in [0.15, 0.2) is 0 Å². The summed E-state index contributed by atoms with van der Waals surface area (Å²) >= 11 is 0. The number of hydrogen-bond acceptors (Lipinski definition) is 4. The van der Waals surface area contributed by atoms with Crippen molar-refractivity contribution in [1.29, 1.82) is 0 Å². The fourth-order valence-corrected chi connectivity index (χ4v) is 3.30. The van der Waals surface area contributed by atoms with E-state index >= 15 is 0 Å². The second-order valence-electron chi connectivity index (χ2n) is 5.72. The van der Waals surface area contributed by atoms with Crippen molar-refractivity contribution < 1.29 is 18.1 Å². The van der Waals surface area contributed by atoms with E-state index in [2.05, 4.69) is 6.58 Å². The Morgan fingerprint density at radius 1 is 1.00 bits per heavy atom. The summed E-state index contributed by atoms with van der Waals surface area (Å²) in [6.07, 6.45) is 27.6. The van der Waals surface area contributed by atoms with Gasteiger partial charge in [-0.2, -0.15) is 0 Å². The van der Waals surface area contributed by atoms with Gasteiger partial charge < -0.3 is 9.05 Å². The van der Waals surface area contributed by atoms with Crippen LogP contribution in [0.25, 0.3) is 0 Å². The Morgan fingerprint density at radius 3 is 2.36 bits per heavy atom. The molecule has 0 aromatic rings. The molecule has 0 heterocycles. The van der Waals surface area contributed by atoms with Gasteiger partial charge in [-0.1, -0.05) is 85.6 Å². The van der Waals surface area contributed by atoms with E-state index in [1.165, 1.54) is 0 Å². The van der Waals surface area contributed by atoms with Crippen LogP contribution >= 0.6 is 7.82 Å². The molecule has 1 unspecified atom stereocenters. The third-order valence-corrected chi connectivity index (χ3v) is 4.70. The van der Waals surface area contributed by atoms with Crippen molar-refractivity contribution in [3.8, 4) is 0 Å². The first-order valence-electron chi connectivity index (χ1n) is 9.11. The summed E-state index contributed by atoms with van der Waals surface area (Å²) < 4.78 is 29.9. The van der Waals surface area contributed by atoms with E-state index < -0.39 is 13.9 Å². The van der Waals surface area contributed by atoms with Crippen LogP contribution in [-0.4, -0.2) is 6.10 Å². The zero-order valence-electron chi connectivity index (χ0n) is 16.7. The third-order valence-electron chi connectivity index (χ3n) is 3.23. The number of allylic oxidation sites excluding steroid dienone is 14. The average Bonchev–Trinajstić information content (AvgIpc) is 2.89. The van der Waals surface area contributed by atoms with Crippen molar-refractivity contribution in [2.45, 2.75) is 33.3 Å². The summed E-state index contributed by atoms with van der Waals surface area (Å²) in [4.78, 5) is 0. The second-order valence-corrected chi connectivity index (χ2v) is 7.19. The van der Waals surface area contributed by atoms with Crippen LogP contribution < -0.4 is 0 Å². The normalized spacial score (nSPS) is 17.8. The van der Waals surface area contributed by atoms with E-state index in [9.17, 15) is 4.57 Å². The van der Waals surface area contributed by atoms with Crippen LogP contribution in [0.5, 0.6) is 0 Å². The molecular weight excluding hydrogens is 371 g/mol. The van der Waals surface area contributed by atoms with Gasteiger partial charge in [0, 0.05) is 0 Å². The van der Waals surface area contributed by atoms with E-state index in [-0.39, 0.29) is 5.76 Å². The number of phosphoric acid groups is 1. The molecule has 0 saturated heterocycles. The molecule has 0 bridgehead atoms. The van der Waals surface area contributed by atoms with Crippen LogP contribution in [-0.2, 0) is 18.1 Å². The maximum atomic E-state index is 13.2. The first kappa shape index (κ1) is 23.5. The van der Waals surface area contributed by atoms with Gasteiger partial charge in [0.2, 0.25) is 0 Å². The zero-order chi connectivity index (χ0) is 20.7. The second kappa shape index (κ2) is 13.6. The van der Waals surface area contributed by atoms with E-state index in [1.54, 1.807) is 37.3 Å². The molecule has 0 saturated carbocycles. The number of hydrogen-bond donors (Lipinski definition) is 0. The van der Waals surface area contributed by atoms with Crippen LogP contribution in [0.2, 0.25) is 0 Å². The van der Waals surface area contributed by atoms with Crippen LogP contribution in [0.4, 0.5) is 0 Å². The predicted octanol–water partition coefficient (Wildman–Crippen LogP) is 7.27. The molecule has 0 fully saturated rings. The van der Waals surface area contributed by atoms with Crippen LogP contribution in [0.15, 0.2) is 109 Å². The minimum absolute atomic E-state index is 0.178. The standard InChI is InChI=1S/C23H29O4P/c1-5-7-9-10-14-18-22(4)26-28(24,25-21(3)17-13-8-6-2)27-23-19-15-11-12-16-20-23/h5-8,10-20,23H,3,9H2,1-2,4H3/b7-5-,8-6-,14-10-,17-13-,22-18+. The lowest BCUT2D eigenvalue weighted by atomic mass is 10.3. The summed E-state index contributed by atoms with van der Waals surface area (Å²) in [6.45, 7) is 9.31. The monoisotopic (exact) mass is 400 g/mol. The fraction of sp³-hybridized carbons (Fsp3) is 0.217. The summed E-state index contributed by atoms with van der Waals surface area (Å²) in [5, 5.41) is 0. The molecule has 5 heteroatoms. The largest absolute Gasteiger partial charge is 0.588 e. The van der Waals surface area contributed by atoms with Crippen LogP contribution in [0, 0.1) is 0 Å². The Kier molecular flexibility index (Phi) is 11.4. The van der Waals surface area contributed by atoms with Crippen molar-refractivity contribution >= 4 is 7.82 Å². The third kappa shape index (κ3) is 10.6. The highest BCUT2D eigenvalue weighted by atomic mass is 31.2. The minimum Gasteiger partial charge on any atom is -0.400 e. The Labute approximate surface area is 168 Å². The molecule has 1 aliphatic rings. The molecule has 4 nitrogen and oxygen atoms in total. The summed E-state index contributed by atoms with van der Waals surface area (Å²) in [5.41, 5.74) is 0. The molecular formula is C23H29O4P. The molecule has 0 aliphatic heterocycles. The lowest BCUT2D eigenvalue weighted by molar-refractivity contribution is 0.155. The summed E-state index contributed by atoms with van der Waals surface area (Å²) in [5.74, 6) is 0.586. The van der Waals surface area contributed by atoms with Gasteiger partial charge in [0.25, 0.3) is 0 Å². The molecule has 0 radical (unpaired) electrons. The maximum Gasteiger partial charge on any atom is 0.588 e. The first-order chi connectivity index (χ1) is 13.5. The van der Waals surface area contributed by atoms with Crippen molar-refractivity contribution in [2.24, 2.45) is 0 Å². The zero-order valence-corrected chi connectivity index (χ0v) is 17.6. The molecule has 1 rings (SSSR count). The van der Waals surface area contributed by atoms with Gasteiger partial charge in [-0.3, -0.25) is 4.52 Å². The molecule has 150 valence electrons. The van der Waals surface area contributed by atoms with Crippen molar-refractivity contribution in [1.82, 2.24) is 0 Å². The molecule has 0 aromatic heterocycles. The SMILES string of the molecule is C=C(/C=C\C=C/C)OP(=O)(O/C(C)=C/C=C\C/C=C\C)OC1C=CC=CC=C1. The fourth-order valence-electron chi connectivity index (χ4n) is 1.97. The minimum atomic E-state index is -3.95. The van der Waals surface area contributed by atoms with Crippen LogP contribution in [0.3, 0.4) is 0 Å². The van der Waals surface area contributed by atoms with E-state index in [0.717, 1.165) is 6.42 Å². The summed E-state index contributed by atoms with van der Waals surface area (Å²) in [6, 6.07) is 0. The van der Waals surface area contributed by atoms with Crippen LogP contribution in [0.1, 0.15) is 27.2 Å². The highest BCUT2D eigenvalue weighted by Crippen LogP contribution is 2.54. The Hall–Kier alpha value is -2.55. The van der Waals surface area contributed by atoms with Gasteiger partial charge in [0.05, 0.1) is 0 Å². The highest BCUT2D eigenvalue weighted by Gasteiger charge is 2.33.